The first-order chi connectivity index (χ1) is 12.7. The van der Waals surface area contributed by atoms with Gasteiger partial charge >= 0.3 is 5.97 Å². The zero-order chi connectivity index (χ0) is 19.8. The van der Waals surface area contributed by atoms with Crippen LogP contribution in [0.4, 0.5) is 5.69 Å². The normalized spacial score (nSPS) is 22.7. The van der Waals surface area contributed by atoms with Crippen molar-refractivity contribution in [2.75, 3.05) is 11.9 Å². The first kappa shape index (κ1) is 19.2. The number of fused-ring (bicyclic) bond motifs is 1. The van der Waals surface area contributed by atoms with Gasteiger partial charge in [-0.05, 0) is 44.0 Å². The van der Waals surface area contributed by atoms with Gasteiger partial charge in [0.1, 0.15) is 5.25 Å². The highest BCUT2D eigenvalue weighted by Crippen LogP contribution is 2.37. The van der Waals surface area contributed by atoms with Gasteiger partial charge in [0, 0.05) is 18.3 Å². The molecule has 1 saturated heterocycles. The third kappa shape index (κ3) is 4.05. The van der Waals surface area contributed by atoms with Gasteiger partial charge in [0.2, 0.25) is 5.91 Å². The molecule has 1 aromatic carbocycles. The Morgan fingerprint density at radius 1 is 1.44 bits per heavy atom. The van der Waals surface area contributed by atoms with Crippen molar-refractivity contribution >= 4 is 46.3 Å². The number of carbonyl (C=O) groups excluding carboxylic acids is 1. The smallest absolute Gasteiger partial charge is 0.305 e. The minimum atomic E-state index is -1.02. The van der Waals surface area contributed by atoms with E-state index < -0.39 is 11.2 Å². The van der Waals surface area contributed by atoms with Crippen molar-refractivity contribution in [2.24, 2.45) is 10.2 Å². The number of hydrogen-bond donors (Lipinski definition) is 2. The summed E-state index contributed by atoms with van der Waals surface area (Å²) in [6.07, 6.45) is 3.63. The number of benzene rings is 1. The van der Waals surface area contributed by atoms with E-state index in [4.69, 9.17) is 5.11 Å². The Kier molecular flexibility index (Phi) is 5.10. The maximum Gasteiger partial charge on any atom is 0.305 e. The molecular weight excluding hydrogens is 364 g/mol. The number of thioether (sulfide) groups is 1. The largest absolute Gasteiger partial charge is 0.481 e. The number of allylic oxidation sites excluding steroid dienone is 1. The van der Waals surface area contributed by atoms with Gasteiger partial charge in [0.15, 0.2) is 5.17 Å². The van der Waals surface area contributed by atoms with Crippen molar-refractivity contribution < 1.29 is 14.7 Å². The molecule has 2 N–H and O–H groups in total. The topological polar surface area (TPSA) is 94.4 Å². The van der Waals surface area contributed by atoms with Crippen LogP contribution in [0.2, 0.25) is 0 Å². The molecule has 2 aliphatic rings. The van der Waals surface area contributed by atoms with E-state index in [0.717, 1.165) is 22.9 Å². The lowest BCUT2D eigenvalue weighted by atomic mass is 9.89. The van der Waals surface area contributed by atoms with E-state index in [0.29, 0.717) is 5.17 Å². The summed E-state index contributed by atoms with van der Waals surface area (Å²) >= 11 is 1.08. The van der Waals surface area contributed by atoms with Gasteiger partial charge in [-0.3, -0.25) is 9.59 Å². The van der Waals surface area contributed by atoms with Crippen LogP contribution in [0.1, 0.15) is 38.3 Å². The average molecular weight is 386 g/mol. The van der Waals surface area contributed by atoms with Gasteiger partial charge in [-0.25, -0.2) is 0 Å². The zero-order valence-corrected chi connectivity index (χ0v) is 16.5. The van der Waals surface area contributed by atoms with Gasteiger partial charge in [-0.2, -0.15) is 5.10 Å². The third-order valence-electron chi connectivity index (χ3n) is 4.73. The van der Waals surface area contributed by atoms with Gasteiger partial charge < -0.3 is 15.3 Å². The predicted molar refractivity (Wildman–Crippen MR) is 109 cm³/mol. The van der Waals surface area contributed by atoms with Crippen LogP contribution < -0.4 is 10.2 Å². The van der Waals surface area contributed by atoms with Gasteiger partial charge in [0.25, 0.3) is 0 Å². The van der Waals surface area contributed by atoms with Crippen LogP contribution in [0.3, 0.4) is 0 Å². The van der Waals surface area contributed by atoms with Crippen LogP contribution in [0.25, 0.3) is 5.57 Å². The molecule has 1 fully saturated rings. The molecule has 0 aromatic heterocycles. The van der Waals surface area contributed by atoms with Gasteiger partial charge in [-0.1, -0.05) is 23.9 Å². The lowest BCUT2D eigenvalue weighted by Gasteiger charge is -2.40. The van der Waals surface area contributed by atoms with Crippen molar-refractivity contribution in [3.05, 3.63) is 35.4 Å². The molecule has 2 aliphatic heterocycles. The number of carboxylic acids is 1. The minimum Gasteiger partial charge on any atom is -0.481 e. The Labute approximate surface area is 162 Å². The molecule has 1 aromatic rings. The fourth-order valence-electron chi connectivity index (χ4n) is 3.15. The predicted octanol–water partition coefficient (Wildman–Crippen LogP) is 2.71. The summed E-state index contributed by atoms with van der Waals surface area (Å²) in [6.45, 7) is 6.45. The van der Waals surface area contributed by atoms with Crippen LogP contribution >= 0.6 is 11.8 Å². The summed E-state index contributed by atoms with van der Waals surface area (Å²) in [7, 11) is 2.08. The van der Waals surface area contributed by atoms with Crippen molar-refractivity contribution in [1.82, 2.24) is 5.32 Å². The number of carboxylic acid groups (broad SMARTS) is 1. The number of likely N-dealkylation sites (N-methyl/N-ethyl adjacent to an activating group) is 1. The highest BCUT2D eigenvalue weighted by molar-refractivity contribution is 8.15. The molecule has 3 rings (SSSR count). The molecule has 2 heterocycles. The lowest BCUT2D eigenvalue weighted by molar-refractivity contribution is -0.138. The molecule has 0 spiro atoms. The van der Waals surface area contributed by atoms with Crippen LogP contribution in [0.5, 0.6) is 0 Å². The maximum atomic E-state index is 11.7. The number of hydrogen-bond acceptors (Lipinski definition) is 6. The molecule has 1 amide bonds. The molecule has 27 heavy (non-hydrogen) atoms. The number of aliphatic carboxylic acids is 1. The third-order valence-corrected chi connectivity index (χ3v) is 5.81. The second-order valence-electron chi connectivity index (χ2n) is 7.16. The molecule has 7 nitrogen and oxygen atoms in total. The van der Waals surface area contributed by atoms with Crippen molar-refractivity contribution in [3.63, 3.8) is 0 Å². The average Bonchev–Trinajstić information content (AvgIpc) is 2.91. The summed E-state index contributed by atoms with van der Waals surface area (Å²) in [4.78, 5) is 24.7. The number of carbonyl (C=O) groups is 2. The number of anilines is 1. The quantitative estimate of drug-likeness (QED) is 0.613. The Balaban J connectivity index is 1.75. The molecule has 1 unspecified atom stereocenters. The number of nitrogens with zero attached hydrogens (tertiary/aromatic N) is 3. The van der Waals surface area contributed by atoms with E-state index in [9.17, 15) is 9.59 Å². The Hall–Kier alpha value is -2.61. The standard InChI is InChI=1S/C19H22N4O3S/c1-11-9-19(2,3)23(4)14-6-5-12(7-13(11)14)10-20-22-18-21-17(26)15(27-18)8-16(24)25/h5-7,9-10,15H,8H2,1-4H3,(H,24,25)(H,21,22,26). The fraction of sp³-hybridized carbons (Fsp3) is 0.368. The van der Waals surface area contributed by atoms with Crippen molar-refractivity contribution in [1.29, 1.82) is 0 Å². The van der Waals surface area contributed by atoms with Crippen molar-refractivity contribution in [3.8, 4) is 0 Å². The highest BCUT2D eigenvalue weighted by Gasteiger charge is 2.32. The van der Waals surface area contributed by atoms with E-state index in [2.05, 4.69) is 66.4 Å². The number of amides is 1. The Morgan fingerprint density at radius 2 is 2.19 bits per heavy atom. The van der Waals surface area contributed by atoms with E-state index >= 15 is 0 Å². The van der Waals surface area contributed by atoms with Crippen LogP contribution in [0, 0.1) is 0 Å². The van der Waals surface area contributed by atoms with E-state index in [1.54, 1.807) is 6.21 Å². The second-order valence-corrected chi connectivity index (χ2v) is 8.35. The molecule has 142 valence electrons. The van der Waals surface area contributed by atoms with Gasteiger partial charge in [0.05, 0.1) is 18.2 Å². The summed E-state index contributed by atoms with van der Waals surface area (Å²) < 4.78 is 0. The lowest BCUT2D eigenvalue weighted by Crippen LogP contribution is -2.42. The minimum absolute atomic E-state index is 0.0386. The molecule has 0 bridgehead atoms. The SMILES string of the molecule is CC1=CC(C)(C)N(C)c2ccc(C=NN=C3NC(=O)C(CC(=O)O)S3)cc21. The summed E-state index contributed by atoms with van der Waals surface area (Å²) in [5.41, 5.74) is 4.39. The maximum absolute atomic E-state index is 11.7. The molecule has 0 saturated carbocycles. The highest BCUT2D eigenvalue weighted by atomic mass is 32.2. The summed E-state index contributed by atoms with van der Waals surface area (Å²) in [5, 5.41) is 19.0. The summed E-state index contributed by atoms with van der Waals surface area (Å²) in [6, 6.07) is 6.10. The zero-order valence-electron chi connectivity index (χ0n) is 15.7. The first-order valence-electron chi connectivity index (χ1n) is 8.55. The Bertz CT molecular complexity index is 889. The molecule has 8 heteroatoms. The molecular formula is C19H22N4O3S. The fourth-order valence-corrected chi connectivity index (χ4v) is 4.07. The summed E-state index contributed by atoms with van der Waals surface area (Å²) in [5.74, 6) is -1.37. The van der Waals surface area contributed by atoms with Crippen LogP contribution in [-0.4, -0.2) is 46.2 Å². The van der Waals surface area contributed by atoms with Gasteiger partial charge in [-0.15, -0.1) is 5.10 Å². The van der Waals surface area contributed by atoms with Crippen LogP contribution in [-0.2, 0) is 9.59 Å². The molecule has 1 atom stereocenters. The number of nitrogens with one attached hydrogen (secondary N) is 1. The number of rotatable bonds is 4. The van der Waals surface area contributed by atoms with E-state index in [1.165, 1.54) is 11.3 Å². The number of amidine groups is 1. The monoisotopic (exact) mass is 386 g/mol. The molecule has 0 radical (unpaired) electrons. The first-order valence-corrected chi connectivity index (χ1v) is 9.43. The molecule has 0 aliphatic carbocycles. The second kappa shape index (κ2) is 7.19. The van der Waals surface area contributed by atoms with Crippen molar-refractivity contribution in [2.45, 2.75) is 38.0 Å². The Morgan fingerprint density at radius 3 is 2.89 bits per heavy atom. The van der Waals surface area contributed by atoms with Crippen LogP contribution in [0.15, 0.2) is 34.5 Å². The van der Waals surface area contributed by atoms with E-state index in [-0.39, 0.29) is 17.9 Å². The van der Waals surface area contributed by atoms with E-state index in [1.807, 2.05) is 6.07 Å².